The van der Waals surface area contributed by atoms with E-state index < -0.39 is 0 Å². The molecule has 0 aliphatic heterocycles. The molecule has 0 spiro atoms. The average Bonchev–Trinajstić information content (AvgIpc) is 2.88. The lowest BCUT2D eigenvalue weighted by atomic mass is 10.1. The Balaban J connectivity index is 2.29. The van der Waals surface area contributed by atoms with E-state index in [0.29, 0.717) is 12.0 Å². The van der Waals surface area contributed by atoms with Gasteiger partial charge >= 0.3 is 0 Å². The van der Waals surface area contributed by atoms with Crippen LogP contribution >= 0.6 is 15.9 Å². The predicted octanol–water partition coefficient (Wildman–Crippen LogP) is 3.00. The molecule has 0 aliphatic carbocycles. The molecule has 0 radical (unpaired) electrons. The first-order valence-electron chi connectivity index (χ1n) is 5.35. The first-order valence-corrected chi connectivity index (χ1v) is 6.14. The van der Waals surface area contributed by atoms with Crippen LogP contribution in [-0.2, 0) is 0 Å². The van der Waals surface area contributed by atoms with Crippen LogP contribution in [0.2, 0.25) is 0 Å². The highest BCUT2D eigenvalue weighted by molar-refractivity contribution is 9.10. The van der Waals surface area contributed by atoms with Gasteiger partial charge in [0.25, 0.3) is 0 Å². The molecule has 1 aromatic heterocycles. The zero-order chi connectivity index (χ0) is 12.5. The molecule has 3 aromatic rings. The summed E-state index contributed by atoms with van der Waals surface area (Å²) in [6.45, 7) is 0. The van der Waals surface area contributed by atoms with Gasteiger partial charge in [0.1, 0.15) is 5.69 Å². The summed E-state index contributed by atoms with van der Waals surface area (Å²) in [6, 6.07) is 11.9. The summed E-state index contributed by atoms with van der Waals surface area (Å²) in [5.41, 5.74) is 1.22. The van der Waals surface area contributed by atoms with E-state index in [4.69, 9.17) is 0 Å². The van der Waals surface area contributed by atoms with Crippen molar-refractivity contribution in [3.8, 4) is 5.69 Å². The molecular weight excluding hydrogens is 294 g/mol. The van der Waals surface area contributed by atoms with Crippen LogP contribution in [0, 0.1) is 0 Å². The van der Waals surface area contributed by atoms with E-state index in [0.717, 1.165) is 20.9 Å². The number of halogens is 1. The summed E-state index contributed by atoms with van der Waals surface area (Å²) in [5.74, 6) is 0. The molecule has 0 saturated carbocycles. The normalized spacial score (nSPS) is 10.7. The molecule has 0 atom stereocenters. The number of benzene rings is 2. The molecule has 0 amide bonds. The van der Waals surface area contributed by atoms with Crippen LogP contribution in [0.1, 0.15) is 10.5 Å². The fraction of sp³-hybridized carbons (Fsp3) is 0. The molecule has 0 bridgehead atoms. The van der Waals surface area contributed by atoms with Crippen LogP contribution < -0.4 is 0 Å². The Bertz CT molecular complexity index is 736. The highest BCUT2D eigenvalue weighted by atomic mass is 79.9. The van der Waals surface area contributed by atoms with Crippen molar-refractivity contribution in [3.63, 3.8) is 0 Å². The van der Waals surface area contributed by atoms with E-state index in [1.807, 2.05) is 36.4 Å². The minimum absolute atomic E-state index is 0.321. The van der Waals surface area contributed by atoms with Gasteiger partial charge in [0.15, 0.2) is 6.29 Å². The second kappa shape index (κ2) is 4.34. The van der Waals surface area contributed by atoms with Crippen molar-refractivity contribution < 1.29 is 4.79 Å². The summed E-state index contributed by atoms with van der Waals surface area (Å²) in [6.07, 6.45) is 2.30. The number of hydrogen-bond donors (Lipinski definition) is 0. The molecule has 18 heavy (non-hydrogen) atoms. The molecule has 5 heteroatoms. The molecule has 88 valence electrons. The molecule has 0 aliphatic rings. The zero-order valence-electron chi connectivity index (χ0n) is 9.25. The first-order chi connectivity index (χ1) is 8.79. The Hall–Kier alpha value is -2.01. The van der Waals surface area contributed by atoms with Crippen LogP contribution in [-0.4, -0.2) is 21.3 Å². The molecule has 0 unspecified atom stereocenters. The first kappa shape index (κ1) is 11.1. The number of carbonyl (C=O) groups is 1. The number of rotatable bonds is 2. The van der Waals surface area contributed by atoms with Crippen LogP contribution in [0.3, 0.4) is 0 Å². The fourth-order valence-electron chi connectivity index (χ4n) is 1.89. The maximum atomic E-state index is 10.6. The molecule has 0 saturated heterocycles. The van der Waals surface area contributed by atoms with Crippen molar-refractivity contribution >= 4 is 33.0 Å². The monoisotopic (exact) mass is 301 g/mol. The van der Waals surface area contributed by atoms with Gasteiger partial charge in [-0.05, 0) is 17.5 Å². The third-order valence-electron chi connectivity index (χ3n) is 2.73. The summed E-state index contributed by atoms with van der Waals surface area (Å²) in [4.78, 5) is 10.6. The van der Waals surface area contributed by atoms with E-state index in [2.05, 4.69) is 26.2 Å². The van der Waals surface area contributed by atoms with Crippen molar-refractivity contribution in [1.29, 1.82) is 0 Å². The van der Waals surface area contributed by atoms with Gasteiger partial charge in [-0.25, -0.2) is 4.68 Å². The minimum atomic E-state index is 0.321. The van der Waals surface area contributed by atoms with E-state index in [1.54, 1.807) is 10.9 Å². The van der Waals surface area contributed by atoms with Crippen LogP contribution in [0.4, 0.5) is 0 Å². The lowest BCUT2D eigenvalue weighted by molar-refractivity contribution is 0.111. The van der Waals surface area contributed by atoms with E-state index in [9.17, 15) is 4.79 Å². The topological polar surface area (TPSA) is 47.8 Å². The molecule has 2 aromatic carbocycles. The van der Waals surface area contributed by atoms with Gasteiger partial charge < -0.3 is 0 Å². The number of aromatic nitrogens is 3. The predicted molar refractivity (Wildman–Crippen MR) is 72.0 cm³/mol. The van der Waals surface area contributed by atoms with E-state index >= 15 is 0 Å². The lowest BCUT2D eigenvalue weighted by Crippen LogP contribution is -1.96. The number of carbonyl (C=O) groups excluding carboxylic acids is 1. The van der Waals surface area contributed by atoms with Crippen LogP contribution in [0.25, 0.3) is 16.5 Å². The fourth-order valence-corrected chi connectivity index (χ4v) is 2.37. The van der Waals surface area contributed by atoms with Crippen molar-refractivity contribution in [1.82, 2.24) is 15.0 Å². The summed E-state index contributed by atoms with van der Waals surface area (Å²) in [7, 11) is 0. The van der Waals surface area contributed by atoms with Crippen molar-refractivity contribution in [2.45, 2.75) is 0 Å². The molecule has 4 nitrogen and oxygen atoms in total. The molecular formula is C13H8BrN3O. The minimum Gasteiger partial charge on any atom is -0.296 e. The molecule has 0 N–H and O–H groups in total. The Labute approximate surface area is 111 Å². The number of hydrogen-bond acceptors (Lipinski definition) is 3. The quantitative estimate of drug-likeness (QED) is 0.684. The number of nitrogens with zero attached hydrogens (tertiary/aromatic N) is 3. The number of fused-ring (bicyclic) bond motifs is 1. The number of aldehydes is 1. The van der Waals surface area contributed by atoms with Gasteiger partial charge in [-0.3, -0.25) is 4.79 Å². The van der Waals surface area contributed by atoms with Gasteiger partial charge in [-0.1, -0.05) is 45.4 Å². The Morgan fingerprint density at radius 3 is 2.61 bits per heavy atom. The summed E-state index contributed by atoms with van der Waals surface area (Å²) in [5, 5.41) is 9.88. The van der Waals surface area contributed by atoms with Crippen molar-refractivity contribution in [2.24, 2.45) is 0 Å². The Morgan fingerprint density at radius 1 is 1.11 bits per heavy atom. The highest BCUT2D eigenvalue weighted by Gasteiger charge is 2.07. The zero-order valence-corrected chi connectivity index (χ0v) is 10.8. The molecule has 1 heterocycles. The lowest BCUT2D eigenvalue weighted by Gasteiger charge is -2.07. The highest BCUT2D eigenvalue weighted by Crippen LogP contribution is 2.28. The largest absolute Gasteiger partial charge is 0.296 e. The van der Waals surface area contributed by atoms with E-state index in [1.165, 1.54) is 0 Å². The van der Waals surface area contributed by atoms with Gasteiger partial charge in [0.2, 0.25) is 0 Å². The second-order valence-corrected chi connectivity index (χ2v) is 4.67. The summed E-state index contributed by atoms with van der Waals surface area (Å²) >= 11 is 3.52. The third kappa shape index (κ3) is 1.73. The van der Waals surface area contributed by atoms with Gasteiger partial charge in [0, 0.05) is 9.86 Å². The average molecular weight is 302 g/mol. The van der Waals surface area contributed by atoms with Crippen LogP contribution in [0.15, 0.2) is 47.1 Å². The molecule has 0 fully saturated rings. The standard InChI is InChI=1S/C13H8BrN3O/c14-12-5-6-13(11-4-2-1-3-10(11)12)17-7-9(8-18)15-16-17/h1-8H. The molecule has 3 rings (SSSR count). The second-order valence-electron chi connectivity index (χ2n) is 3.82. The third-order valence-corrected chi connectivity index (χ3v) is 3.42. The van der Waals surface area contributed by atoms with Gasteiger partial charge in [0.05, 0.1) is 11.9 Å². The smallest absolute Gasteiger partial charge is 0.171 e. The van der Waals surface area contributed by atoms with E-state index in [-0.39, 0.29) is 0 Å². The summed E-state index contributed by atoms with van der Waals surface area (Å²) < 4.78 is 2.64. The van der Waals surface area contributed by atoms with Gasteiger partial charge in [-0.15, -0.1) is 5.10 Å². The van der Waals surface area contributed by atoms with Crippen molar-refractivity contribution in [3.05, 3.63) is 52.8 Å². The maximum Gasteiger partial charge on any atom is 0.171 e. The Morgan fingerprint density at radius 2 is 1.89 bits per heavy atom. The van der Waals surface area contributed by atoms with Crippen molar-refractivity contribution in [2.75, 3.05) is 0 Å². The SMILES string of the molecule is O=Cc1cn(-c2ccc(Br)c3ccccc23)nn1. The van der Waals surface area contributed by atoms with Gasteiger partial charge in [-0.2, -0.15) is 0 Å². The van der Waals surface area contributed by atoms with Crippen LogP contribution in [0.5, 0.6) is 0 Å². The Kier molecular flexibility index (Phi) is 2.68. The maximum absolute atomic E-state index is 10.6.